The number of carbonyl (C=O) groups is 2. The molecule has 0 heterocycles. The summed E-state index contributed by atoms with van der Waals surface area (Å²) in [5, 5.41) is 1.16. The number of urea groups is 1. The fourth-order valence-corrected chi connectivity index (χ4v) is 3.44. The summed E-state index contributed by atoms with van der Waals surface area (Å²) in [6.45, 7) is -0.113. The van der Waals surface area contributed by atoms with Crippen LogP contribution in [0.15, 0.2) is 36.4 Å². The average Bonchev–Trinajstić information content (AvgIpc) is 2.73. The first kappa shape index (κ1) is 28.6. The van der Waals surface area contributed by atoms with Crippen LogP contribution in [0.25, 0.3) is 6.08 Å². The predicted octanol–water partition coefficient (Wildman–Crippen LogP) is 6.82. The van der Waals surface area contributed by atoms with E-state index in [0.717, 1.165) is 18.2 Å². The first-order chi connectivity index (χ1) is 16.1. The minimum Gasteiger partial charge on any atom is -0.328 e. The Balaban J connectivity index is 2.15. The molecule has 35 heavy (non-hydrogen) atoms. The number of hydrogen-bond acceptors (Lipinski definition) is 2. The van der Waals surface area contributed by atoms with Crippen molar-refractivity contribution in [3.05, 3.63) is 73.7 Å². The van der Waals surface area contributed by atoms with E-state index in [-0.39, 0.29) is 26.2 Å². The number of nitrogens with one attached hydrogen (secondary N) is 3. The zero-order valence-electron chi connectivity index (χ0n) is 17.5. The van der Waals surface area contributed by atoms with Crippen LogP contribution in [0, 0.1) is 6.92 Å². The second-order valence-electron chi connectivity index (χ2n) is 7.13. The van der Waals surface area contributed by atoms with Crippen molar-refractivity contribution in [3.8, 4) is 0 Å². The van der Waals surface area contributed by atoms with E-state index in [0.29, 0.717) is 11.1 Å². The number of benzene rings is 2. The van der Waals surface area contributed by atoms with Gasteiger partial charge < -0.3 is 5.32 Å². The van der Waals surface area contributed by atoms with Gasteiger partial charge in [0.1, 0.15) is 6.54 Å². The lowest BCUT2D eigenvalue weighted by Gasteiger charge is -2.18. The largest absolute Gasteiger partial charge is 0.405 e. The average molecular weight is 563 g/mol. The van der Waals surface area contributed by atoms with Crippen LogP contribution < -0.4 is 16.2 Å². The van der Waals surface area contributed by atoms with Crippen molar-refractivity contribution in [1.29, 1.82) is 0 Å². The third-order valence-corrected chi connectivity index (χ3v) is 5.63. The summed E-state index contributed by atoms with van der Waals surface area (Å²) in [4.78, 5) is 23.5. The van der Waals surface area contributed by atoms with Crippen LogP contribution in [-0.2, 0) is 0 Å². The van der Waals surface area contributed by atoms with Crippen LogP contribution in [0.3, 0.4) is 0 Å². The Morgan fingerprint density at radius 1 is 0.971 bits per heavy atom. The highest BCUT2D eigenvalue weighted by Crippen LogP contribution is 2.41. The van der Waals surface area contributed by atoms with Gasteiger partial charge in [-0.3, -0.25) is 10.2 Å². The number of halogens is 9. The monoisotopic (exact) mass is 561 g/mol. The van der Waals surface area contributed by atoms with E-state index in [9.17, 15) is 35.9 Å². The molecule has 2 rings (SSSR count). The van der Waals surface area contributed by atoms with Gasteiger partial charge in [0.15, 0.2) is 0 Å². The SMILES string of the molecule is Cc1cc(C=CC(c2cc(Cl)c(Cl)c(Cl)c2)C(F)(F)F)ccc1C(=O)NNC(=O)NCC(F)(F)F. The number of aryl methyl sites for hydroxylation is 1. The molecule has 0 spiro atoms. The molecule has 0 saturated carbocycles. The number of amides is 3. The molecular formula is C21H16Cl3F6N3O2. The summed E-state index contributed by atoms with van der Waals surface area (Å²) in [7, 11) is 0. The van der Waals surface area contributed by atoms with E-state index in [1.165, 1.54) is 36.5 Å². The van der Waals surface area contributed by atoms with Crippen LogP contribution in [-0.4, -0.2) is 30.8 Å². The Morgan fingerprint density at radius 2 is 1.57 bits per heavy atom. The summed E-state index contributed by atoms with van der Waals surface area (Å²) < 4.78 is 77.2. The molecule has 3 N–H and O–H groups in total. The topological polar surface area (TPSA) is 70.2 Å². The quantitative estimate of drug-likeness (QED) is 0.213. The molecule has 5 nitrogen and oxygen atoms in total. The van der Waals surface area contributed by atoms with Gasteiger partial charge in [-0.05, 0) is 41.8 Å². The van der Waals surface area contributed by atoms with Gasteiger partial charge in [0.2, 0.25) is 0 Å². The lowest BCUT2D eigenvalue weighted by Crippen LogP contribution is -2.49. The van der Waals surface area contributed by atoms with E-state index < -0.39 is 36.8 Å². The summed E-state index contributed by atoms with van der Waals surface area (Å²) in [6.07, 6.45) is -7.23. The summed E-state index contributed by atoms with van der Waals surface area (Å²) in [5.74, 6) is -2.91. The third kappa shape index (κ3) is 8.52. The number of alkyl halides is 6. The summed E-state index contributed by atoms with van der Waals surface area (Å²) in [5.41, 5.74) is 4.14. The molecule has 14 heteroatoms. The van der Waals surface area contributed by atoms with Crippen LogP contribution in [0.5, 0.6) is 0 Å². The normalized spacial score (nSPS) is 13.0. The van der Waals surface area contributed by atoms with Crippen LogP contribution in [0.4, 0.5) is 31.1 Å². The molecule has 2 aromatic carbocycles. The smallest absolute Gasteiger partial charge is 0.328 e. The highest BCUT2D eigenvalue weighted by molar-refractivity contribution is 6.48. The maximum Gasteiger partial charge on any atom is 0.405 e. The Bertz CT molecular complexity index is 1110. The van der Waals surface area contributed by atoms with Crippen molar-refractivity contribution in [2.24, 2.45) is 0 Å². The van der Waals surface area contributed by atoms with Crippen LogP contribution in [0.1, 0.15) is 33.0 Å². The lowest BCUT2D eigenvalue weighted by molar-refractivity contribution is -0.139. The van der Waals surface area contributed by atoms with Crippen molar-refractivity contribution >= 4 is 52.8 Å². The molecule has 3 amide bonds. The highest BCUT2D eigenvalue weighted by atomic mass is 35.5. The minimum atomic E-state index is -4.68. The zero-order valence-corrected chi connectivity index (χ0v) is 19.8. The van der Waals surface area contributed by atoms with Crippen LogP contribution in [0.2, 0.25) is 15.1 Å². The molecule has 190 valence electrons. The highest BCUT2D eigenvalue weighted by Gasteiger charge is 2.39. The van der Waals surface area contributed by atoms with Crippen LogP contribution >= 0.6 is 34.8 Å². The molecule has 1 unspecified atom stereocenters. The number of hydrazine groups is 1. The number of rotatable bonds is 5. The second kappa shape index (κ2) is 11.4. The maximum absolute atomic E-state index is 13.7. The Hall–Kier alpha value is -2.63. The van der Waals surface area contributed by atoms with E-state index >= 15 is 0 Å². The van der Waals surface area contributed by atoms with E-state index in [1.807, 2.05) is 5.43 Å². The van der Waals surface area contributed by atoms with E-state index in [1.54, 1.807) is 5.43 Å². The molecule has 0 aliphatic carbocycles. The van der Waals surface area contributed by atoms with Gasteiger partial charge in [0.05, 0.1) is 21.0 Å². The number of allylic oxidation sites excluding steroid dienone is 1. The molecule has 0 aliphatic rings. The molecule has 2 aromatic rings. The molecule has 1 atom stereocenters. The van der Waals surface area contributed by atoms with Gasteiger partial charge in [0, 0.05) is 5.56 Å². The summed E-state index contributed by atoms with van der Waals surface area (Å²) in [6, 6.07) is 4.87. The molecule has 0 bridgehead atoms. The molecule has 0 aromatic heterocycles. The Morgan fingerprint density at radius 3 is 2.09 bits per heavy atom. The molecule has 0 aliphatic heterocycles. The fraction of sp³-hybridized carbons (Fsp3) is 0.238. The molecule has 0 fully saturated rings. The first-order valence-corrected chi connectivity index (χ1v) is 10.6. The molecule has 0 radical (unpaired) electrons. The molecule has 0 saturated heterocycles. The van der Waals surface area contributed by atoms with Gasteiger partial charge in [-0.1, -0.05) is 59.1 Å². The first-order valence-electron chi connectivity index (χ1n) is 9.49. The zero-order chi connectivity index (χ0) is 26.6. The third-order valence-electron chi connectivity index (χ3n) is 4.43. The van der Waals surface area contributed by atoms with Gasteiger partial charge in [-0.15, -0.1) is 0 Å². The van der Waals surface area contributed by atoms with Gasteiger partial charge in [0.25, 0.3) is 5.91 Å². The van der Waals surface area contributed by atoms with Gasteiger partial charge >= 0.3 is 18.4 Å². The standard InChI is InChI=1S/C21H16Cl3F6N3O2/c1-10-6-11(2-4-13(10)18(34)32-33-19(35)31-9-20(25,26)27)3-5-14(21(28,29)30)12-7-15(22)17(24)16(23)8-12/h2-8,14H,9H2,1H3,(H,32,34)(H2,31,33,35). The van der Waals surface area contributed by atoms with E-state index in [4.69, 9.17) is 34.8 Å². The lowest BCUT2D eigenvalue weighted by atomic mass is 9.96. The van der Waals surface area contributed by atoms with Gasteiger partial charge in [-0.25, -0.2) is 10.2 Å². The van der Waals surface area contributed by atoms with Gasteiger partial charge in [-0.2, -0.15) is 26.3 Å². The predicted molar refractivity (Wildman–Crippen MR) is 121 cm³/mol. The van der Waals surface area contributed by atoms with E-state index in [2.05, 4.69) is 0 Å². The number of hydrogen-bond donors (Lipinski definition) is 3. The minimum absolute atomic E-state index is 0.0295. The van der Waals surface area contributed by atoms with Crippen molar-refractivity contribution in [1.82, 2.24) is 16.2 Å². The Labute approximate surface area is 210 Å². The number of carbonyl (C=O) groups excluding carboxylic acids is 2. The second-order valence-corrected chi connectivity index (χ2v) is 8.32. The van der Waals surface area contributed by atoms with Crippen molar-refractivity contribution in [2.75, 3.05) is 6.54 Å². The van der Waals surface area contributed by atoms with Crippen molar-refractivity contribution < 1.29 is 35.9 Å². The molecular weight excluding hydrogens is 547 g/mol. The summed E-state index contributed by atoms with van der Waals surface area (Å²) >= 11 is 17.5. The maximum atomic E-state index is 13.7. The van der Waals surface area contributed by atoms with Crippen molar-refractivity contribution in [3.63, 3.8) is 0 Å². The Kier molecular flexibility index (Phi) is 9.32. The van der Waals surface area contributed by atoms with Crippen molar-refractivity contribution in [2.45, 2.75) is 25.2 Å². The fourth-order valence-electron chi connectivity index (χ4n) is 2.82.